The highest BCUT2D eigenvalue weighted by molar-refractivity contribution is 5.25. The van der Waals surface area contributed by atoms with E-state index in [2.05, 4.69) is 20.8 Å². The molecule has 78 valence electrons. The first-order valence-electron chi connectivity index (χ1n) is 4.84. The van der Waals surface area contributed by atoms with Gasteiger partial charge in [-0.25, -0.2) is 0 Å². The maximum absolute atomic E-state index is 11.6. The average Bonchev–Trinajstić information content (AvgIpc) is 1.98. The van der Waals surface area contributed by atoms with Crippen LogP contribution >= 0.6 is 0 Å². The van der Waals surface area contributed by atoms with Gasteiger partial charge in [0, 0.05) is 13.8 Å². The van der Waals surface area contributed by atoms with E-state index in [1.165, 1.54) is 0 Å². The molecule has 0 N–H and O–H groups in total. The van der Waals surface area contributed by atoms with Crippen LogP contribution < -0.4 is 9.30 Å². The predicted molar refractivity (Wildman–Crippen MR) is 54.8 cm³/mol. The molecule has 0 radical (unpaired) electrons. The first kappa shape index (κ1) is 11.0. The molecule has 0 aliphatic heterocycles. The van der Waals surface area contributed by atoms with Crippen LogP contribution in [0.3, 0.4) is 0 Å². The number of aryl methyl sites for hydroxylation is 1. The number of nitrogens with zero attached hydrogens (tertiary/aromatic N) is 2. The van der Waals surface area contributed by atoms with Gasteiger partial charge in [0.1, 0.15) is 7.05 Å². The third-order valence-corrected chi connectivity index (χ3v) is 2.61. The normalized spacial score (nSPS) is 11.9. The molecule has 0 atom stereocenters. The van der Waals surface area contributed by atoms with E-state index in [1.54, 1.807) is 6.33 Å². The van der Waals surface area contributed by atoms with Crippen molar-refractivity contribution in [1.29, 1.82) is 0 Å². The molecule has 0 bridgehead atoms. The Morgan fingerprint density at radius 3 is 2.07 bits per heavy atom. The van der Waals surface area contributed by atoms with E-state index in [4.69, 9.17) is 0 Å². The monoisotopic (exact) mass is 195 g/mol. The van der Waals surface area contributed by atoms with Crippen molar-refractivity contribution in [3.8, 4) is 0 Å². The molecule has 3 heteroatoms. The summed E-state index contributed by atoms with van der Waals surface area (Å²) in [6.45, 7) is 10.3. The van der Waals surface area contributed by atoms with Gasteiger partial charge in [-0.3, -0.25) is 0 Å². The van der Waals surface area contributed by atoms with E-state index in [9.17, 15) is 5.21 Å². The second kappa shape index (κ2) is 3.23. The van der Waals surface area contributed by atoms with Crippen LogP contribution in [0.25, 0.3) is 0 Å². The molecule has 14 heavy (non-hydrogen) atoms. The van der Waals surface area contributed by atoms with Crippen LogP contribution in [0, 0.1) is 19.1 Å². The molecule has 0 aromatic carbocycles. The van der Waals surface area contributed by atoms with E-state index >= 15 is 0 Å². The molecule has 0 aliphatic carbocycles. The van der Waals surface area contributed by atoms with Gasteiger partial charge in [0.15, 0.2) is 5.69 Å². The Balaban J connectivity index is 3.56. The number of rotatable bonds is 0. The summed E-state index contributed by atoms with van der Waals surface area (Å²) >= 11 is 0. The zero-order valence-electron chi connectivity index (χ0n) is 9.88. The Hall–Kier alpha value is -1.12. The summed E-state index contributed by atoms with van der Waals surface area (Å²) in [4.78, 5) is 0. The van der Waals surface area contributed by atoms with Crippen LogP contribution in [0.4, 0.5) is 0 Å². The van der Waals surface area contributed by atoms with Crippen molar-refractivity contribution in [3.63, 3.8) is 0 Å². The van der Waals surface area contributed by atoms with Gasteiger partial charge >= 0.3 is 6.33 Å². The largest absolute Gasteiger partial charge is 0.614 e. The van der Waals surface area contributed by atoms with E-state index in [0.717, 1.165) is 21.7 Å². The van der Waals surface area contributed by atoms with Gasteiger partial charge in [-0.1, -0.05) is 20.8 Å². The van der Waals surface area contributed by atoms with E-state index in [0.29, 0.717) is 0 Å². The summed E-state index contributed by atoms with van der Waals surface area (Å²) in [5.74, 6) is 0. The van der Waals surface area contributed by atoms with E-state index in [-0.39, 0.29) is 5.41 Å². The van der Waals surface area contributed by atoms with Gasteiger partial charge in [0.05, 0.1) is 5.56 Å². The van der Waals surface area contributed by atoms with Gasteiger partial charge in [0.2, 0.25) is 5.69 Å². The third-order valence-electron chi connectivity index (χ3n) is 2.61. The molecule has 0 amide bonds. The van der Waals surface area contributed by atoms with Crippen molar-refractivity contribution in [2.75, 3.05) is 0 Å². The maximum Gasteiger partial charge on any atom is 0.418 e. The highest BCUT2D eigenvalue weighted by atomic mass is 16.5. The molecule has 0 saturated heterocycles. The fourth-order valence-electron chi connectivity index (χ4n) is 1.96. The van der Waals surface area contributed by atoms with E-state index in [1.807, 2.05) is 25.5 Å². The van der Waals surface area contributed by atoms with Gasteiger partial charge < -0.3 is 5.21 Å². The minimum atomic E-state index is 0.0132. The Kier molecular flexibility index (Phi) is 2.52. The van der Waals surface area contributed by atoms with Crippen molar-refractivity contribution in [2.45, 2.75) is 40.0 Å². The lowest BCUT2D eigenvalue weighted by Gasteiger charge is -2.20. The first-order chi connectivity index (χ1) is 6.25. The molecule has 0 aliphatic rings. The van der Waals surface area contributed by atoms with Gasteiger partial charge in [-0.05, 0) is 5.41 Å². The summed E-state index contributed by atoms with van der Waals surface area (Å²) in [6, 6.07) is 0. The summed E-state index contributed by atoms with van der Waals surface area (Å²) in [6.07, 6.45) is 1.57. The van der Waals surface area contributed by atoms with Crippen LogP contribution in [0.15, 0.2) is 6.33 Å². The molecule has 1 heterocycles. The second-order valence-corrected chi connectivity index (χ2v) is 4.85. The molecule has 3 nitrogen and oxygen atoms in total. The fraction of sp³-hybridized carbons (Fsp3) is 0.636. The van der Waals surface area contributed by atoms with Crippen LogP contribution in [0.5, 0.6) is 0 Å². The van der Waals surface area contributed by atoms with E-state index < -0.39 is 0 Å². The summed E-state index contributed by atoms with van der Waals surface area (Å²) in [5.41, 5.74) is 3.10. The minimum absolute atomic E-state index is 0.0132. The molecular formula is C11H19N2O+. The number of aromatic nitrogens is 2. The lowest BCUT2D eigenvalue weighted by atomic mass is 9.85. The average molecular weight is 195 g/mol. The minimum Gasteiger partial charge on any atom is -0.614 e. The van der Waals surface area contributed by atoms with Crippen molar-refractivity contribution in [2.24, 2.45) is 7.05 Å². The Morgan fingerprint density at radius 1 is 1.14 bits per heavy atom. The SMILES string of the molecule is Cc1c(C(C)(C)C)c(C)[n+]([O-])c[n+]1C. The van der Waals surface area contributed by atoms with Gasteiger partial charge in [-0.15, -0.1) is 9.30 Å². The van der Waals surface area contributed by atoms with Crippen molar-refractivity contribution < 1.29 is 9.30 Å². The Labute approximate surface area is 85.6 Å². The molecule has 1 rings (SSSR count). The Bertz CT molecular complexity index is 338. The Morgan fingerprint density at radius 2 is 1.64 bits per heavy atom. The molecule has 0 unspecified atom stereocenters. The van der Waals surface area contributed by atoms with Crippen molar-refractivity contribution in [3.05, 3.63) is 28.5 Å². The highest BCUT2D eigenvalue weighted by Gasteiger charge is 2.29. The van der Waals surface area contributed by atoms with Crippen LogP contribution in [0.2, 0.25) is 0 Å². The maximum atomic E-state index is 11.6. The molecular weight excluding hydrogens is 176 g/mol. The summed E-state index contributed by atoms with van der Waals surface area (Å²) in [5, 5.41) is 11.6. The van der Waals surface area contributed by atoms with Gasteiger partial charge in [-0.2, -0.15) is 0 Å². The van der Waals surface area contributed by atoms with Crippen LogP contribution in [0.1, 0.15) is 37.7 Å². The molecule has 0 fully saturated rings. The lowest BCUT2D eigenvalue weighted by Crippen LogP contribution is -2.48. The zero-order valence-corrected chi connectivity index (χ0v) is 9.88. The fourth-order valence-corrected chi connectivity index (χ4v) is 1.96. The molecule has 0 saturated carbocycles. The summed E-state index contributed by atoms with van der Waals surface area (Å²) in [7, 11) is 1.90. The molecule has 0 spiro atoms. The number of hydrogen-bond acceptors (Lipinski definition) is 1. The van der Waals surface area contributed by atoms with Crippen LogP contribution in [-0.4, -0.2) is 0 Å². The predicted octanol–water partition coefficient (Wildman–Crippen LogP) is 1.06. The summed E-state index contributed by atoms with van der Waals surface area (Å²) < 4.78 is 2.81. The smallest absolute Gasteiger partial charge is 0.418 e. The lowest BCUT2D eigenvalue weighted by molar-refractivity contribution is -0.785. The van der Waals surface area contributed by atoms with Crippen molar-refractivity contribution >= 4 is 0 Å². The quantitative estimate of drug-likeness (QED) is 0.450. The standard InChI is InChI=1S/C11H19N2O/c1-8-10(11(3,4)5)9(2)13(14)7-12(8)6/h7H,1-6H3/q+1. The second-order valence-electron chi connectivity index (χ2n) is 4.85. The highest BCUT2D eigenvalue weighted by Crippen LogP contribution is 2.24. The van der Waals surface area contributed by atoms with Crippen molar-refractivity contribution in [1.82, 2.24) is 0 Å². The third kappa shape index (κ3) is 1.72. The zero-order chi connectivity index (χ0) is 11.1. The molecule has 1 aromatic rings. The number of hydrogen-bond donors (Lipinski definition) is 0. The first-order valence-corrected chi connectivity index (χ1v) is 4.84. The van der Waals surface area contributed by atoms with Gasteiger partial charge in [0.25, 0.3) is 0 Å². The topological polar surface area (TPSA) is 30.8 Å². The molecule has 1 aromatic heterocycles. The van der Waals surface area contributed by atoms with Crippen LogP contribution in [-0.2, 0) is 12.5 Å².